The first-order valence-corrected chi connectivity index (χ1v) is 3.93. The fourth-order valence-corrected chi connectivity index (χ4v) is 0.865. The van der Waals surface area contributed by atoms with Gasteiger partial charge in [0.1, 0.15) is 0 Å². The highest BCUT2D eigenvalue weighted by Gasteiger charge is 1.93. The van der Waals surface area contributed by atoms with Gasteiger partial charge in [0, 0.05) is 5.56 Å². The molecule has 2 nitrogen and oxygen atoms in total. The van der Waals surface area contributed by atoms with Gasteiger partial charge in [-0.2, -0.15) is 0 Å². The van der Waals surface area contributed by atoms with Crippen LogP contribution in [-0.4, -0.2) is 5.11 Å². The van der Waals surface area contributed by atoms with Gasteiger partial charge >= 0.3 is 0 Å². The van der Waals surface area contributed by atoms with E-state index in [1.54, 1.807) is 6.07 Å². The molecule has 0 aliphatic heterocycles. The quantitative estimate of drug-likeness (QED) is 0.692. The zero-order chi connectivity index (χ0) is 8.81. The second kappa shape index (κ2) is 4.44. The molecule has 12 heavy (non-hydrogen) atoms. The normalized spacial score (nSPS) is 9.08. The maximum atomic E-state index is 9.33. The third kappa shape index (κ3) is 2.31. The van der Waals surface area contributed by atoms with Crippen molar-refractivity contribution in [3.8, 4) is 5.95 Å². The van der Waals surface area contributed by atoms with Crippen LogP contribution in [0.1, 0.15) is 12.5 Å². The summed E-state index contributed by atoms with van der Waals surface area (Å²) in [4.78, 5) is 0. The van der Waals surface area contributed by atoms with Crippen molar-refractivity contribution < 1.29 is 9.52 Å². The highest BCUT2D eigenvalue weighted by molar-refractivity contribution is 5.19. The smallest absolute Gasteiger partial charge is 0.284 e. The van der Waals surface area contributed by atoms with Gasteiger partial charge in [-0.25, -0.2) is 0 Å². The molecule has 0 aliphatic carbocycles. The molecule has 1 heterocycles. The Morgan fingerprint density at radius 1 is 1.25 bits per heavy atom. The average molecular weight is 164 g/mol. The standard InChI is InChI=1S/C10H12O2/c1-2-9-7-5-3-4-6-8-12-10(9)11/h3-8,11H,2H2,1H3. The summed E-state index contributed by atoms with van der Waals surface area (Å²) in [6.07, 6.45) is 2.21. The maximum Gasteiger partial charge on any atom is 0.284 e. The lowest BCUT2D eigenvalue weighted by atomic mass is 10.2. The molecule has 1 aromatic heterocycles. The zero-order valence-corrected chi connectivity index (χ0v) is 7.03. The largest absolute Gasteiger partial charge is 0.481 e. The summed E-state index contributed by atoms with van der Waals surface area (Å²) >= 11 is 0. The summed E-state index contributed by atoms with van der Waals surface area (Å²) in [5.41, 5.74) is 0.797. The summed E-state index contributed by atoms with van der Waals surface area (Å²) in [6, 6.07) is 9.14. The Labute approximate surface area is 71.8 Å². The lowest BCUT2D eigenvalue weighted by Crippen LogP contribution is -1.75. The minimum absolute atomic E-state index is 0.0197. The zero-order valence-electron chi connectivity index (χ0n) is 7.03. The fourth-order valence-electron chi connectivity index (χ4n) is 0.865. The second-order valence-electron chi connectivity index (χ2n) is 2.37. The van der Waals surface area contributed by atoms with Crippen LogP contribution in [0.5, 0.6) is 5.95 Å². The van der Waals surface area contributed by atoms with Gasteiger partial charge in [-0.1, -0.05) is 31.2 Å². The van der Waals surface area contributed by atoms with Gasteiger partial charge in [0.05, 0.1) is 6.26 Å². The van der Waals surface area contributed by atoms with Gasteiger partial charge in [-0.3, -0.25) is 0 Å². The molecule has 1 aromatic rings. The Kier molecular flexibility index (Phi) is 3.20. The van der Waals surface area contributed by atoms with E-state index in [2.05, 4.69) is 0 Å². The van der Waals surface area contributed by atoms with Crippen LogP contribution >= 0.6 is 0 Å². The van der Waals surface area contributed by atoms with E-state index in [0.717, 1.165) is 12.0 Å². The molecule has 0 amide bonds. The van der Waals surface area contributed by atoms with Gasteiger partial charge in [-0.15, -0.1) is 0 Å². The SMILES string of the molecule is CCc1ccccccoc1O. The molecule has 64 valence electrons. The summed E-state index contributed by atoms with van der Waals surface area (Å²) in [6.45, 7) is 1.96. The van der Waals surface area contributed by atoms with E-state index < -0.39 is 0 Å². The summed E-state index contributed by atoms with van der Waals surface area (Å²) < 4.78 is 4.92. The first kappa shape index (κ1) is 8.65. The molecular formula is C10H12O2. The van der Waals surface area contributed by atoms with E-state index in [4.69, 9.17) is 4.42 Å². The van der Waals surface area contributed by atoms with Crippen molar-refractivity contribution in [2.75, 3.05) is 0 Å². The maximum absolute atomic E-state index is 9.33. The van der Waals surface area contributed by atoms with Crippen LogP contribution < -0.4 is 0 Å². The third-order valence-electron chi connectivity index (χ3n) is 1.54. The molecule has 0 aliphatic rings. The van der Waals surface area contributed by atoms with Gasteiger partial charge < -0.3 is 9.52 Å². The van der Waals surface area contributed by atoms with Crippen LogP contribution in [0, 0.1) is 0 Å². The van der Waals surface area contributed by atoms with E-state index in [0.29, 0.717) is 0 Å². The Morgan fingerprint density at radius 2 is 2.00 bits per heavy atom. The monoisotopic (exact) mass is 164 g/mol. The van der Waals surface area contributed by atoms with E-state index in [1.165, 1.54) is 6.26 Å². The summed E-state index contributed by atoms with van der Waals surface area (Å²) in [5, 5.41) is 9.33. The van der Waals surface area contributed by atoms with Crippen LogP contribution in [0.4, 0.5) is 0 Å². The Balaban J connectivity index is 3.24. The molecular weight excluding hydrogens is 152 g/mol. The molecule has 0 aromatic carbocycles. The van der Waals surface area contributed by atoms with Crippen LogP contribution in [0.15, 0.2) is 41.0 Å². The second-order valence-corrected chi connectivity index (χ2v) is 2.37. The predicted molar refractivity (Wildman–Crippen MR) is 47.4 cm³/mol. The van der Waals surface area contributed by atoms with Crippen molar-refractivity contribution in [2.45, 2.75) is 13.3 Å². The van der Waals surface area contributed by atoms with E-state index in [9.17, 15) is 5.11 Å². The Hall–Kier alpha value is -1.44. The molecule has 0 unspecified atom stereocenters. The minimum atomic E-state index is -0.0197. The molecule has 0 saturated heterocycles. The number of aromatic hydroxyl groups is 1. The molecule has 0 atom stereocenters. The molecule has 2 heteroatoms. The first-order valence-electron chi connectivity index (χ1n) is 3.93. The number of hydrogen-bond donors (Lipinski definition) is 1. The molecule has 0 spiro atoms. The van der Waals surface area contributed by atoms with Crippen LogP contribution in [0.25, 0.3) is 0 Å². The number of aryl methyl sites for hydroxylation is 1. The van der Waals surface area contributed by atoms with Gasteiger partial charge in [0.2, 0.25) is 0 Å². The number of rotatable bonds is 1. The van der Waals surface area contributed by atoms with Crippen LogP contribution in [0.2, 0.25) is 0 Å². The van der Waals surface area contributed by atoms with E-state index in [1.807, 2.05) is 31.2 Å². The van der Waals surface area contributed by atoms with Crippen LogP contribution in [-0.2, 0) is 6.42 Å². The van der Waals surface area contributed by atoms with Gasteiger partial charge in [-0.05, 0) is 12.5 Å². The highest BCUT2D eigenvalue weighted by atomic mass is 16.5. The van der Waals surface area contributed by atoms with Crippen molar-refractivity contribution in [1.29, 1.82) is 0 Å². The number of hydrogen-bond acceptors (Lipinski definition) is 2. The fraction of sp³-hybridized carbons (Fsp3) is 0.200. The molecule has 1 N–H and O–H groups in total. The summed E-state index contributed by atoms with van der Waals surface area (Å²) in [7, 11) is 0. The van der Waals surface area contributed by atoms with Crippen molar-refractivity contribution >= 4 is 0 Å². The molecule has 1 rings (SSSR count). The topological polar surface area (TPSA) is 33.4 Å². The average Bonchev–Trinajstić information content (AvgIpc) is 2.17. The van der Waals surface area contributed by atoms with Gasteiger partial charge in [0.25, 0.3) is 5.95 Å². The molecule has 0 fully saturated rings. The minimum Gasteiger partial charge on any atom is -0.481 e. The molecule has 0 radical (unpaired) electrons. The van der Waals surface area contributed by atoms with E-state index >= 15 is 0 Å². The summed E-state index contributed by atoms with van der Waals surface area (Å²) in [5.74, 6) is -0.0197. The lowest BCUT2D eigenvalue weighted by Gasteiger charge is -1.92. The molecule has 0 bridgehead atoms. The Bertz CT molecular complexity index is 288. The van der Waals surface area contributed by atoms with Crippen LogP contribution in [0.3, 0.4) is 0 Å². The first-order chi connectivity index (χ1) is 5.84. The lowest BCUT2D eigenvalue weighted by molar-refractivity contribution is 0.319. The van der Waals surface area contributed by atoms with E-state index in [-0.39, 0.29) is 5.95 Å². The predicted octanol–water partition coefficient (Wildman–Crippen LogP) is 2.67. The van der Waals surface area contributed by atoms with Crippen molar-refractivity contribution in [1.82, 2.24) is 0 Å². The Morgan fingerprint density at radius 3 is 2.75 bits per heavy atom. The third-order valence-corrected chi connectivity index (χ3v) is 1.54. The van der Waals surface area contributed by atoms with Crippen molar-refractivity contribution in [3.63, 3.8) is 0 Å². The molecule has 0 saturated carbocycles. The van der Waals surface area contributed by atoms with Crippen molar-refractivity contribution in [3.05, 3.63) is 42.2 Å². The van der Waals surface area contributed by atoms with Gasteiger partial charge in [0.15, 0.2) is 0 Å². The highest BCUT2D eigenvalue weighted by Crippen LogP contribution is 2.12. The van der Waals surface area contributed by atoms with Crippen molar-refractivity contribution in [2.24, 2.45) is 0 Å².